The molecule has 8 nitrogen and oxygen atoms in total. The first-order chi connectivity index (χ1) is 11.8. The molecule has 3 aromatic rings. The van der Waals surface area contributed by atoms with Crippen molar-refractivity contribution in [3.63, 3.8) is 0 Å². The standard InChI is InChI=1S/C15H15N7OS/c23-13(17-15-19-18-14(24-15)11-6-7-11)12(22-9-16-20-21-22)8-10-4-2-1-3-5-10/h1-5,9,11-12H,6-8H2,(H,17,19,23). The second kappa shape index (κ2) is 6.44. The molecule has 122 valence electrons. The lowest BCUT2D eigenvalue weighted by molar-refractivity contribution is -0.119. The molecule has 1 fully saturated rings. The average Bonchev–Trinajstić information content (AvgIpc) is 3.11. The fourth-order valence-electron chi connectivity index (χ4n) is 2.42. The van der Waals surface area contributed by atoms with E-state index >= 15 is 0 Å². The van der Waals surface area contributed by atoms with Gasteiger partial charge in [-0.15, -0.1) is 15.3 Å². The second-order valence-corrected chi connectivity index (χ2v) is 6.71. The number of hydrogen-bond acceptors (Lipinski definition) is 7. The quantitative estimate of drug-likeness (QED) is 0.734. The minimum atomic E-state index is -0.546. The Labute approximate surface area is 141 Å². The first-order valence-electron chi connectivity index (χ1n) is 7.70. The zero-order chi connectivity index (χ0) is 16.4. The Hall–Kier alpha value is -2.68. The van der Waals surface area contributed by atoms with Gasteiger partial charge in [0.1, 0.15) is 17.4 Å². The van der Waals surface area contributed by atoms with Crippen molar-refractivity contribution >= 4 is 22.4 Å². The van der Waals surface area contributed by atoms with Gasteiger partial charge in [0.15, 0.2) is 0 Å². The number of tetrazole rings is 1. The van der Waals surface area contributed by atoms with E-state index in [0.717, 1.165) is 23.4 Å². The molecule has 4 rings (SSSR count). The summed E-state index contributed by atoms with van der Waals surface area (Å²) in [5.74, 6) is 0.317. The summed E-state index contributed by atoms with van der Waals surface area (Å²) in [6.45, 7) is 0. The van der Waals surface area contributed by atoms with E-state index in [1.54, 1.807) is 0 Å². The molecule has 1 amide bonds. The van der Waals surface area contributed by atoms with Crippen LogP contribution in [-0.2, 0) is 11.2 Å². The van der Waals surface area contributed by atoms with Gasteiger partial charge in [0, 0.05) is 12.3 Å². The van der Waals surface area contributed by atoms with Crippen LogP contribution in [0.4, 0.5) is 5.13 Å². The van der Waals surface area contributed by atoms with Crippen LogP contribution in [0.2, 0.25) is 0 Å². The molecule has 2 aromatic heterocycles. The molecule has 1 aromatic carbocycles. The SMILES string of the molecule is O=C(Nc1nnc(C2CC2)s1)C(Cc1ccccc1)n1cnnn1. The Bertz CT molecular complexity index is 813. The van der Waals surface area contributed by atoms with E-state index in [-0.39, 0.29) is 5.91 Å². The molecule has 1 unspecified atom stereocenters. The third-order valence-corrected chi connectivity index (χ3v) is 4.86. The number of carbonyl (C=O) groups is 1. The van der Waals surface area contributed by atoms with Crippen LogP contribution < -0.4 is 5.32 Å². The summed E-state index contributed by atoms with van der Waals surface area (Å²) in [4.78, 5) is 12.7. The third-order valence-electron chi connectivity index (χ3n) is 3.86. The van der Waals surface area contributed by atoms with Gasteiger partial charge in [-0.1, -0.05) is 41.7 Å². The van der Waals surface area contributed by atoms with E-state index in [4.69, 9.17) is 0 Å². The van der Waals surface area contributed by atoms with E-state index in [1.165, 1.54) is 22.3 Å². The van der Waals surface area contributed by atoms with Crippen LogP contribution in [-0.4, -0.2) is 36.3 Å². The minimum absolute atomic E-state index is 0.204. The van der Waals surface area contributed by atoms with Crippen LogP contribution in [0.1, 0.15) is 35.4 Å². The van der Waals surface area contributed by atoms with E-state index in [9.17, 15) is 4.79 Å². The Morgan fingerprint density at radius 1 is 1.29 bits per heavy atom. The lowest BCUT2D eigenvalue weighted by atomic mass is 10.1. The van der Waals surface area contributed by atoms with Crippen LogP contribution in [0.5, 0.6) is 0 Å². The number of amides is 1. The van der Waals surface area contributed by atoms with Crippen molar-refractivity contribution in [2.45, 2.75) is 31.2 Å². The molecule has 0 radical (unpaired) electrons. The number of benzene rings is 1. The van der Waals surface area contributed by atoms with Gasteiger partial charge < -0.3 is 0 Å². The highest BCUT2D eigenvalue weighted by Gasteiger charge is 2.29. The van der Waals surface area contributed by atoms with Crippen molar-refractivity contribution in [1.29, 1.82) is 0 Å². The monoisotopic (exact) mass is 341 g/mol. The summed E-state index contributed by atoms with van der Waals surface area (Å²) in [5.41, 5.74) is 1.03. The number of carbonyl (C=O) groups excluding carboxylic acids is 1. The van der Waals surface area contributed by atoms with E-state index in [0.29, 0.717) is 17.5 Å². The molecule has 1 atom stereocenters. The maximum Gasteiger partial charge on any atom is 0.251 e. The van der Waals surface area contributed by atoms with Crippen molar-refractivity contribution in [3.05, 3.63) is 47.2 Å². The molecular weight excluding hydrogens is 326 g/mol. The summed E-state index contributed by atoms with van der Waals surface area (Å²) in [5, 5.41) is 23.7. The Morgan fingerprint density at radius 3 is 2.83 bits per heavy atom. The van der Waals surface area contributed by atoms with Gasteiger partial charge in [-0.3, -0.25) is 10.1 Å². The summed E-state index contributed by atoms with van der Waals surface area (Å²) in [6.07, 6.45) is 4.25. The van der Waals surface area contributed by atoms with Crippen LogP contribution >= 0.6 is 11.3 Å². The Balaban J connectivity index is 1.52. The number of anilines is 1. The van der Waals surface area contributed by atoms with Crippen LogP contribution in [0.25, 0.3) is 0 Å². The molecule has 2 heterocycles. The summed E-state index contributed by atoms with van der Waals surface area (Å²) < 4.78 is 1.46. The first-order valence-corrected chi connectivity index (χ1v) is 8.52. The molecule has 1 aliphatic rings. The van der Waals surface area contributed by atoms with Gasteiger partial charge in [-0.05, 0) is 28.8 Å². The Morgan fingerprint density at radius 2 is 2.12 bits per heavy atom. The molecule has 0 saturated heterocycles. The molecule has 9 heteroatoms. The fraction of sp³-hybridized carbons (Fsp3) is 0.333. The maximum absolute atomic E-state index is 12.7. The van der Waals surface area contributed by atoms with Gasteiger partial charge in [-0.2, -0.15) is 0 Å². The predicted octanol–water partition coefficient (Wildman–Crippen LogP) is 1.82. The molecule has 24 heavy (non-hydrogen) atoms. The molecule has 0 spiro atoms. The van der Waals surface area contributed by atoms with E-state index in [1.807, 2.05) is 30.3 Å². The van der Waals surface area contributed by atoms with Gasteiger partial charge in [0.2, 0.25) is 5.13 Å². The number of rotatable bonds is 6. The maximum atomic E-state index is 12.7. The summed E-state index contributed by atoms with van der Waals surface area (Å²) >= 11 is 1.44. The van der Waals surface area contributed by atoms with Crippen LogP contribution in [0.15, 0.2) is 36.7 Å². The highest BCUT2D eigenvalue weighted by atomic mass is 32.1. The van der Waals surface area contributed by atoms with Crippen molar-refractivity contribution in [2.24, 2.45) is 0 Å². The number of nitrogens with one attached hydrogen (secondary N) is 1. The lowest BCUT2D eigenvalue weighted by Crippen LogP contribution is -2.28. The molecule has 0 bridgehead atoms. The number of nitrogens with zero attached hydrogens (tertiary/aromatic N) is 6. The minimum Gasteiger partial charge on any atom is -0.299 e. The zero-order valence-corrected chi connectivity index (χ0v) is 13.6. The molecular formula is C15H15N7OS. The predicted molar refractivity (Wildman–Crippen MR) is 87.5 cm³/mol. The van der Waals surface area contributed by atoms with Gasteiger partial charge >= 0.3 is 0 Å². The van der Waals surface area contributed by atoms with Gasteiger partial charge in [-0.25, -0.2) is 4.68 Å². The summed E-state index contributed by atoms with van der Waals surface area (Å²) in [7, 11) is 0. The summed E-state index contributed by atoms with van der Waals surface area (Å²) in [6, 6.07) is 9.22. The highest BCUT2D eigenvalue weighted by molar-refractivity contribution is 7.15. The van der Waals surface area contributed by atoms with Crippen molar-refractivity contribution in [2.75, 3.05) is 5.32 Å². The van der Waals surface area contributed by atoms with E-state index in [2.05, 4.69) is 31.0 Å². The Kier molecular flexibility index (Phi) is 3.99. The normalized spacial score (nSPS) is 15.2. The molecule has 1 N–H and O–H groups in total. The van der Waals surface area contributed by atoms with Crippen molar-refractivity contribution in [1.82, 2.24) is 30.4 Å². The number of aromatic nitrogens is 6. The topological polar surface area (TPSA) is 98.5 Å². The van der Waals surface area contributed by atoms with Crippen LogP contribution in [0.3, 0.4) is 0 Å². The average molecular weight is 341 g/mol. The smallest absolute Gasteiger partial charge is 0.251 e. The zero-order valence-electron chi connectivity index (χ0n) is 12.7. The number of hydrogen-bond donors (Lipinski definition) is 1. The molecule has 1 saturated carbocycles. The highest BCUT2D eigenvalue weighted by Crippen LogP contribution is 2.42. The van der Waals surface area contributed by atoms with Gasteiger partial charge in [0.05, 0.1) is 0 Å². The largest absolute Gasteiger partial charge is 0.299 e. The lowest BCUT2D eigenvalue weighted by Gasteiger charge is -2.15. The first kappa shape index (κ1) is 14.9. The fourth-order valence-corrected chi connectivity index (χ4v) is 3.34. The third kappa shape index (κ3) is 3.30. The van der Waals surface area contributed by atoms with Gasteiger partial charge in [0.25, 0.3) is 5.91 Å². The van der Waals surface area contributed by atoms with E-state index < -0.39 is 6.04 Å². The van der Waals surface area contributed by atoms with Crippen molar-refractivity contribution < 1.29 is 4.79 Å². The second-order valence-electron chi connectivity index (χ2n) is 5.70. The van der Waals surface area contributed by atoms with Crippen molar-refractivity contribution in [3.8, 4) is 0 Å². The van der Waals surface area contributed by atoms with Crippen LogP contribution in [0, 0.1) is 0 Å². The molecule has 0 aliphatic heterocycles. The molecule has 1 aliphatic carbocycles.